The van der Waals surface area contributed by atoms with Gasteiger partial charge in [-0.1, -0.05) is 6.07 Å². The summed E-state index contributed by atoms with van der Waals surface area (Å²) in [7, 11) is 0. The third-order valence-electron chi connectivity index (χ3n) is 1.43. The van der Waals surface area contributed by atoms with Crippen molar-refractivity contribution >= 4 is 11.1 Å². The molecule has 14 heavy (non-hydrogen) atoms. The molecule has 0 aliphatic heterocycles. The van der Waals surface area contributed by atoms with E-state index in [-0.39, 0.29) is 5.60 Å². The lowest BCUT2D eigenvalue weighted by Gasteiger charge is -2.21. The quantitative estimate of drug-likeness (QED) is 0.769. The van der Waals surface area contributed by atoms with E-state index in [0.29, 0.717) is 10.6 Å². The molecule has 1 N–H and O–H groups in total. The predicted octanol–water partition coefficient (Wildman–Crippen LogP) is 2.44. The number of hydrogen-bond acceptors (Lipinski definition) is 2. The van der Waals surface area contributed by atoms with Crippen LogP contribution in [0.15, 0.2) is 29.2 Å². The van der Waals surface area contributed by atoms with Crippen molar-refractivity contribution in [2.45, 2.75) is 31.3 Å². The topological polar surface area (TPSA) is 46.5 Å². The fourth-order valence-electron chi connectivity index (χ4n) is 1.000. The molecule has 0 aliphatic carbocycles. The lowest BCUT2D eigenvalue weighted by atomic mass is 10.2. The zero-order valence-electron chi connectivity index (χ0n) is 8.48. The van der Waals surface area contributed by atoms with Gasteiger partial charge < -0.3 is 9.29 Å². The molecule has 0 saturated heterocycles. The molecule has 1 atom stereocenters. The molecule has 78 valence electrons. The van der Waals surface area contributed by atoms with Crippen LogP contribution in [0.1, 0.15) is 20.8 Å². The highest BCUT2D eigenvalue weighted by atomic mass is 32.2. The van der Waals surface area contributed by atoms with Gasteiger partial charge in [0.15, 0.2) is 11.1 Å². The Balaban J connectivity index is 2.89. The number of rotatable bonds is 2. The number of hydrogen-bond donors (Lipinski definition) is 1. The molecule has 1 aromatic rings. The minimum atomic E-state index is -1.95. The van der Waals surface area contributed by atoms with E-state index in [1.807, 2.05) is 20.8 Å². The van der Waals surface area contributed by atoms with Crippen molar-refractivity contribution in [3.05, 3.63) is 24.3 Å². The highest BCUT2D eigenvalue weighted by Crippen LogP contribution is 2.20. The molecular formula is C10H14O3S. The Bertz CT molecular complexity index is 341. The van der Waals surface area contributed by atoms with Gasteiger partial charge in [0.25, 0.3) is 0 Å². The molecule has 0 heterocycles. The Hall–Kier alpha value is -0.870. The first kappa shape index (κ1) is 11.2. The van der Waals surface area contributed by atoms with Gasteiger partial charge in [0.2, 0.25) is 0 Å². The fraction of sp³-hybridized carbons (Fsp3) is 0.400. The Kier molecular flexibility index (Phi) is 3.29. The Morgan fingerprint density at radius 2 is 2.00 bits per heavy atom. The maximum atomic E-state index is 10.8. The first-order valence-electron chi connectivity index (χ1n) is 4.28. The van der Waals surface area contributed by atoms with Crippen molar-refractivity contribution in [2.75, 3.05) is 0 Å². The van der Waals surface area contributed by atoms with Crippen LogP contribution in [0, 0.1) is 0 Å². The second kappa shape index (κ2) is 4.11. The lowest BCUT2D eigenvalue weighted by molar-refractivity contribution is 0.130. The van der Waals surface area contributed by atoms with Gasteiger partial charge >= 0.3 is 0 Å². The van der Waals surface area contributed by atoms with Gasteiger partial charge in [-0.25, -0.2) is 4.21 Å². The van der Waals surface area contributed by atoms with E-state index in [9.17, 15) is 4.21 Å². The average molecular weight is 214 g/mol. The van der Waals surface area contributed by atoms with Crippen molar-refractivity contribution in [3.63, 3.8) is 0 Å². The van der Waals surface area contributed by atoms with E-state index < -0.39 is 11.1 Å². The third kappa shape index (κ3) is 3.47. The summed E-state index contributed by atoms with van der Waals surface area (Å²) in [4.78, 5) is 0.353. The summed E-state index contributed by atoms with van der Waals surface area (Å²) >= 11 is -1.95. The normalized spacial score (nSPS) is 13.7. The van der Waals surface area contributed by atoms with Gasteiger partial charge in [0.05, 0.1) is 4.90 Å². The van der Waals surface area contributed by atoms with Crippen LogP contribution in [0.4, 0.5) is 0 Å². The minimum absolute atomic E-state index is 0.296. The Labute approximate surface area is 86.4 Å². The van der Waals surface area contributed by atoms with E-state index in [1.54, 1.807) is 24.3 Å². The molecule has 1 rings (SSSR count). The molecule has 0 radical (unpaired) electrons. The summed E-state index contributed by atoms with van der Waals surface area (Å²) in [5, 5.41) is 0. The van der Waals surface area contributed by atoms with Gasteiger partial charge in [-0.15, -0.1) is 0 Å². The zero-order valence-corrected chi connectivity index (χ0v) is 9.30. The van der Waals surface area contributed by atoms with E-state index in [2.05, 4.69) is 0 Å². The van der Waals surface area contributed by atoms with Gasteiger partial charge in [-0.2, -0.15) is 0 Å². The highest BCUT2D eigenvalue weighted by Gasteiger charge is 2.12. The van der Waals surface area contributed by atoms with Crippen LogP contribution >= 0.6 is 0 Å². The number of benzene rings is 1. The molecule has 3 nitrogen and oxygen atoms in total. The maximum Gasteiger partial charge on any atom is 0.186 e. The van der Waals surface area contributed by atoms with Crippen LogP contribution in [0.5, 0.6) is 5.75 Å². The second-order valence-corrected chi connectivity index (χ2v) is 4.91. The summed E-state index contributed by atoms with van der Waals surface area (Å²) < 4.78 is 25.2. The first-order chi connectivity index (χ1) is 6.38. The van der Waals surface area contributed by atoms with Crippen LogP contribution < -0.4 is 4.74 Å². The van der Waals surface area contributed by atoms with Gasteiger partial charge in [-0.05, 0) is 39.0 Å². The molecule has 0 fully saturated rings. The van der Waals surface area contributed by atoms with Crippen molar-refractivity contribution < 1.29 is 13.5 Å². The standard InChI is InChI=1S/C10H14O3S/c1-10(2,3)13-8-5-4-6-9(7-8)14(11)12/h4-7H,1-3H3,(H,11,12). The molecule has 0 spiro atoms. The third-order valence-corrected chi connectivity index (χ3v) is 2.09. The summed E-state index contributed by atoms with van der Waals surface area (Å²) in [5.41, 5.74) is -0.296. The lowest BCUT2D eigenvalue weighted by Crippen LogP contribution is -2.22. The second-order valence-electron chi connectivity index (χ2n) is 3.94. The van der Waals surface area contributed by atoms with Crippen LogP contribution in [0.25, 0.3) is 0 Å². The maximum absolute atomic E-state index is 10.8. The van der Waals surface area contributed by atoms with Gasteiger partial charge in [0, 0.05) is 0 Å². The summed E-state index contributed by atoms with van der Waals surface area (Å²) in [6, 6.07) is 6.62. The Morgan fingerprint density at radius 3 is 2.50 bits per heavy atom. The Morgan fingerprint density at radius 1 is 1.36 bits per heavy atom. The zero-order chi connectivity index (χ0) is 10.8. The summed E-state index contributed by atoms with van der Waals surface area (Å²) in [6.07, 6.45) is 0. The minimum Gasteiger partial charge on any atom is -0.488 e. The molecule has 0 amide bonds. The molecule has 0 aromatic heterocycles. The molecule has 0 saturated carbocycles. The largest absolute Gasteiger partial charge is 0.488 e. The van der Waals surface area contributed by atoms with Crippen LogP contribution in [0.3, 0.4) is 0 Å². The van der Waals surface area contributed by atoms with Crippen molar-refractivity contribution in [1.82, 2.24) is 0 Å². The smallest absolute Gasteiger partial charge is 0.186 e. The molecule has 4 heteroatoms. The van der Waals surface area contributed by atoms with E-state index in [4.69, 9.17) is 9.29 Å². The highest BCUT2D eigenvalue weighted by molar-refractivity contribution is 7.79. The van der Waals surface area contributed by atoms with Crippen molar-refractivity contribution in [3.8, 4) is 5.75 Å². The summed E-state index contributed by atoms with van der Waals surface area (Å²) in [5.74, 6) is 0.609. The van der Waals surface area contributed by atoms with Gasteiger partial charge in [0.1, 0.15) is 11.4 Å². The molecule has 1 unspecified atom stereocenters. The van der Waals surface area contributed by atoms with Crippen LogP contribution in [0.2, 0.25) is 0 Å². The fourth-order valence-corrected chi connectivity index (χ4v) is 1.41. The van der Waals surface area contributed by atoms with Crippen LogP contribution in [-0.4, -0.2) is 14.4 Å². The molecule has 1 aromatic carbocycles. The first-order valence-corrected chi connectivity index (χ1v) is 5.39. The van der Waals surface area contributed by atoms with E-state index >= 15 is 0 Å². The molecule has 0 aliphatic rings. The monoisotopic (exact) mass is 214 g/mol. The molecule has 0 bridgehead atoms. The SMILES string of the molecule is CC(C)(C)Oc1cccc(S(=O)O)c1. The van der Waals surface area contributed by atoms with Gasteiger partial charge in [-0.3, -0.25) is 0 Å². The van der Waals surface area contributed by atoms with E-state index in [0.717, 1.165) is 0 Å². The predicted molar refractivity (Wildman–Crippen MR) is 55.9 cm³/mol. The van der Waals surface area contributed by atoms with E-state index in [1.165, 1.54) is 0 Å². The number of ether oxygens (including phenoxy) is 1. The van der Waals surface area contributed by atoms with Crippen LogP contribution in [-0.2, 0) is 11.1 Å². The molecular weight excluding hydrogens is 200 g/mol. The summed E-state index contributed by atoms with van der Waals surface area (Å²) in [6.45, 7) is 5.78. The van der Waals surface area contributed by atoms with Crippen molar-refractivity contribution in [2.24, 2.45) is 0 Å². The van der Waals surface area contributed by atoms with Crippen molar-refractivity contribution in [1.29, 1.82) is 0 Å². The average Bonchev–Trinajstić information content (AvgIpc) is 2.01.